The Labute approximate surface area is 189 Å². The van der Waals surface area contributed by atoms with Crippen LogP contribution in [-0.4, -0.2) is 42.7 Å². The third kappa shape index (κ3) is 6.34. The van der Waals surface area contributed by atoms with Gasteiger partial charge in [-0.05, 0) is 54.0 Å². The summed E-state index contributed by atoms with van der Waals surface area (Å²) >= 11 is 3.12. The van der Waals surface area contributed by atoms with Gasteiger partial charge >= 0.3 is 6.09 Å². The maximum Gasteiger partial charge on any atom is 0.404 e. The van der Waals surface area contributed by atoms with E-state index in [1.807, 2.05) is 0 Å². The predicted molar refractivity (Wildman–Crippen MR) is 112 cm³/mol. The zero-order chi connectivity index (χ0) is 24.2. The average Bonchev–Trinajstić information content (AvgIpc) is 2.67. The molecule has 2 rings (SSSR count). The molecule has 0 radical (unpaired) electrons. The smallest absolute Gasteiger partial charge is 0.404 e. The Hall–Kier alpha value is -2.84. The molecule has 0 aliphatic carbocycles. The van der Waals surface area contributed by atoms with Crippen molar-refractivity contribution in [3.8, 4) is 5.75 Å². The van der Waals surface area contributed by atoms with Crippen molar-refractivity contribution in [1.82, 2.24) is 10.0 Å². The molecule has 0 saturated carbocycles. The summed E-state index contributed by atoms with van der Waals surface area (Å²) < 4.78 is 60.0. The van der Waals surface area contributed by atoms with Gasteiger partial charge < -0.3 is 15.2 Å². The Bertz CT molecular complexity index is 1130. The maximum absolute atomic E-state index is 13.5. The van der Waals surface area contributed by atoms with E-state index in [9.17, 15) is 32.1 Å². The van der Waals surface area contributed by atoms with Crippen LogP contribution in [0.5, 0.6) is 5.75 Å². The number of sulfonamides is 1. The van der Waals surface area contributed by atoms with E-state index in [0.717, 1.165) is 18.2 Å². The molecule has 2 aromatic carbocycles. The number of non-ortho nitro benzene ring substituents is 1. The van der Waals surface area contributed by atoms with E-state index >= 15 is 0 Å². The van der Waals surface area contributed by atoms with Crippen molar-refractivity contribution in [2.24, 2.45) is 0 Å². The van der Waals surface area contributed by atoms with Crippen LogP contribution in [0.4, 0.5) is 19.3 Å². The fourth-order valence-electron chi connectivity index (χ4n) is 2.78. The van der Waals surface area contributed by atoms with Crippen LogP contribution in [0, 0.1) is 21.7 Å². The number of halogens is 3. The van der Waals surface area contributed by atoms with Crippen LogP contribution in [0.25, 0.3) is 0 Å². The second-order valence-corrected chi connectivity index (χ2v) is 9.25. The van der Waals surface area contributed by atoms with Crippen molar-refractivity contribution < 1.29 is 36.8 Å². The highest BCUT2D eigenvalue weighted by Crippen LogP contribution is 2.31. The molecule has 0 saturated heterocycles. The monoisotopic (exact) mass is 537 g/mol. The number of carboxylic acid groups (broad SMARTS) is 1. The van der Waals surface area contributed by atoms with Gasteiger partial charge in [-0.2, -0.15) is 0 Å². The molecular weight excluding hydrogens is 520 g/mol. The third-order valence-corrected chi connectivity index (χ3v) is 6.44. The normalized spacial score (nSPS) is 14.3. The lowest BCUT2D eigenvalue weighted by atomic mass is 10.1. The number of nitrogens with one attached hydrogen (secondary N) is 2. The molecule has 174 valence electrons. The van der Waals surface area contributed by atoms with Crippen LogP contribution in [-0.2, 0) is 10.0 Å². The van der Waals surface area contributed by atoms with Crippen molar-refractivity contribution in [3.63, 3.8) is 0 Å². The van der Waals surface area contributed by atoms with Crippen LogP contribution >= 0.6 is 15.9 Å². The average molecular weight is 538 g/mol. The SMILES string of the molecule is C[C@H](NC(=O)O)[C@H](Oc1ccc([N+](=O)[O-])cc1Br)[C@@H](C)NS(=O)(=O)c1ccc(F)c(F)c1. The first-order valence-corrected chi connectivity index (χ1v) is 11.2. The summed E-state index contributed by atoms with van der Waals surface area (Å²) in [7, 11) is -4.34. The molecule has 0 aliphatic rings. The summed E-state index contributed by atoms with van der Waals surface area (Å²) in [6.07, 6.45) is -2.55. The molecule has 0 aromatic heterocycles. The molecular formula is C18H18BrF2N3O7S. The molecule has 3 N–H and O–H groups in total. The number of benzene rings is 2. The number of nitro groups is 1. The summed E-state index contributed by atoms with van der Waals surface area (Å²) in [5.41, 5.74) is -0.232. The summed E-state index contributed by atoms with van der Waals surface area (Å²) in [4.78, 5) is 20.8. The highest BCUT2D eigenvalue weighted by molar-refractivity contribution is 9.10. The zero-order valence-electron chi connectivity index (χ0n) is 16.6. The zero-order valence-corrected chi connectivity index (χ0v) is 19.0. The summed E-state index contributed by atoms with van der Waals surface area (Å²) in [5, 5.41) is 22.1. The van der Waals surface area contributed by atoms with Gasteiger partial charge in [0, 0.05) is 12.1 Å². The first kappa shape index (κ1) is 25.4. The fraction of sp³-hybridized carbons (Fsp3) is 0.278. The molecule has 0 heterocycles. The molecule has 1 amide bonds. The van der Waals surface area contributed by atoms with E-state index in [0.29, 0.717) is 12.1 Å². The molecule has 0 spiro atoms. The van der Waals surface area contributed by atoms with E-state index in [-0.39, 0.29) is 15.9 Å². The lowest BCUT2D eigenvalue weighted by molar-refractivity contribution is -0.385. The largest absolute Gasteiger partial charge is 0.485 e. The van der Waals surface area contributed by atoms with Crippen molar-refractivity contribution in [2.45, 2.75) is 36.9 Å². The quantitative estimate of drug-likeness (QED) is 0.327. The van der Waals surface area contributed by atoms with Crippen molar-refractivity contribution in [1.29, 1.82) is 0 Å². The van der Waals surface area contributed by atoms with Crippen molar-refractivity contribution in [2.75, 3.05) is 0 Å². The molecule has 2 aromatic rings. The lowest BCUT2D eigenvalue weighted by Gasteiger charge is -2.30. The van der Waals surface area contributed by atoms with Crippen LogP contribution in [0.1, 0.15) is 13.8 Å². The maximum atomic E-state index is 13.5. The van der Waals surface area contributed by atoms with E-state index in [1.165, 1.54) is 19.9 Å². The van der Waals surface area contributed by atoms with E-state index in [1.54, 1.807) is 0 Å². The Balaban J connectivity index is 2.34. The summed E-state index contributed by atoms with van der Waals surface area (Å²) in [5.74, 6) is -2.50. The van der Waals surface area contributed by atoms with Crippen molar-refractivity contribution in [3.05, 3.63) is 62.6 Å². The van der Waals surface area contributed by atoms with Gasteiger partial charge in [0.1, 0.15) is 11.9 Å². The lowest BCUT2D eigenvalue weighted by Crippen LogP contribution is -2.54. The van der Waals surface area contributed by atoms with Gasteiger partial charge in [0.05, 0.1) is 26.4 Å². The van der Waals surface area contributed by atoms with E-state index in [4.69, 9.17) is 9.84 Å². The first-order chi connectivity index (χ1) is 14.8. The van der Waals surface area contributed by atoms with Gasteiger partial charge in [0.2, 0.25) is 10.0 Å². The number of amides is 1. The van der Waals surface area contributed by atoms with E-state index < -0.39 is 55.8 Å². The van der Waals surface area contributed by atoms with Gasteiger partial charge in [0.15, 0.2) is 11.6 Å². The number of hydrogen-bond donors (Lipinski definition) is 3. The van der Waals surface area contributed by atoms with Crippen molar-refractivity contribution >= 4 is 37.7 Å². The molecule has 10 nitrogen and oxygen atoms in total. The fourth-order valence-corrected chi connectivity index (χ4v) is 4.51. The first-order valence-electron chi connectivity index (χ1n) is 8.89. The number of nitrogens with zero attached hydrogens (tertiary/aromatic N) is 1. The Morgan fingerprint density at radius 2 is 1.81 bits per heavy atom. The minimum Gasteiger partial charge on any atom is -0.485 e. The molecule has 14 heteroatoms. The predicted octanol–water partition coefficient (Wildman–Crippen LogP) is 3.41. The highest BCUT2D eigenvalue weighted by Gasteiger charge is 2.31. The number of nitro benzene ring substituents is 1. The minimum atomic E-state index is -4.34. The number of carbonyl (C=O) groups is 1. The van der Waals surface area contributed by atoms with Crippen LogP contribution in [0.3, 0.4) is 0 Å². The van der Waals surface area contributed by atoms with Crippen LogP contribution < -0.4 is 14.8 Å². The second-order valence-electron chi connectivity index (χ2n) is 6.68. The molecule has 0 unspecified atom stereocenters. The minimum absolute atomic E-state index is 0.0820. The highest BCUT2D eigenvalue weighted by atomic mass is 79.9. The topological polar surface area (TPSA) is 148 Å². The van der Waals surface area contributed by atoms with Gasteiger partial charge in [-0.15, -0.1) is 0 Å². The number of ether oxygens (including phenoxy) is 1. The van der Waals surface area contributed by atoms with E-state index in [2.05, 4.69) is 26.0 Å². The molecule has 32 heavy (non-hydrogen) atoms. The van der Waals surface area contributed by atoms with Crippen LogP contribution in [0.15, 0.2) is 45.8 Å². The number of rotatable bonds is 9. The molecule has 0 aliphatic heterocycles. The Kier molecular flexibility index (Phi) is 8.09. The second kappa shape index (κ2) is 10.2. The number of hydrogen-bond acceptors (Lipinski definition) is 6. The Morgan fingerprint density at radius 1 is 1.16 bits per heavy atom. The molecule has 3 atom stereocenters. The summed E-state index contributed by atoms with van der Waals surface area (Å²) in [6.45, 7) is 2.79. The van der Waals surface area contributed by atoms with Gasteiger partial charge in [0.25, 0.3) is 5.69 Å². The third-order valence-electron chi connectivity index (χ3n) is 4.27. The Morgan fingerprint density at radius 3 is 2.34 bits per heavy atom. The van der Waals surface area contributed by atoms with Crippen LogP contribution in [0.2, 0.25) is 0 Å². The summed E-state index contributed by atoms with van der Waals surface area (Å²) in [6, 6.07) is 3.57. The standard InChI is InChI=1S/C18H18BrF2N3O7S/c1-9(22-18(25)26)17(31-16-6-3-11(24(27)28)7-13(16)19)10(2)23-32(29,30)12-4-5-14(20)15(21)8-12/h3-10,17,22-23H,1-2H3,(H,25,26)/t9-,10+,17-/m0/s1. The molecule has 0 bridgehead atoms. The van der Waals surface area contributed by atoms with Gasteiger partial charge in [-0.1, -0.05) is 0 Å². The molecule has 0 fully saturated rings. The van der Waals surface area contributed by atoms with Gasteiger partial charge in [-0.3, -0.25) is 10.1 Å². The van der Waals surface area contributed by atoms with Gasteiger partial charge in [-0.25, -0.2) is 26.7 Å².